The molecule has 0 fully saturated rings. The molecule has 1 unspecified atom stereocenters. The second-order valence-corrected chi connectivity index (χ2v) is 7.26. The predicted octanol–water partition coefficient (Wildman–Crippen LogP) is 3.89. The van der Waals surface area contributed by atoms with Gasteiger partial charge in [0.15, 0.2) is 5.56 Å². The second-order valence-electron chi connectivity index (χ2n) is 7.26. The quantitative estimate of drug-likeness (QED) is 0.740. The Balaban J connectivity index is 1.90. The number of fused-ring (bicyclic) bond motifs is 2. The van der Waals surface area contributed by atoms with Crippen LogP contribution in [0.15, 0.2) is 47.3 Å². The van der Waals surface area contributed by atoms with Gasteiger partial charge in [-0.15, -0.1) is 0 Å². The van der Waals surface area contributed by atoms with E-state index in [9.17, 15) is 19.8 Å². The van der Waals surface area contributed by atoms with E-state index >= 15 is 0 Å². The maximum atomic E-state index is 12.9. The third-order valence-electron chi connectivity index (χ3n) is 5.50. The summed E-state index contributed by atoms with van der Waals surface area (Å²) in [5, 5.41) is 22.2. The molecule has 2 N–H and O–H groups in total. The fourth-order valence-corrected chi connectivity index (χ4v) is 4.16. The molecule has 1 atom stereocenters. The monoisotopic (exact) mass is 363 g/mol. The van der Waals surface area contributed by atoms with E-state index in [4.69, 9.17) is 0 Å². The fourth-order valence-electron chi connectivity index (χ4n) is 4.16. The lowest BCUT2D eigenvalue weighted by molar-refractivity contribution is 0.0690. The van der Waals surface area contributed by atoms with Gasteiger partial charge in [-0.05, 0) is 47.6 Å². The Hall–Kier alpha value is -3.08. The van der Waals surface area contributed by atoms with Crippen LogP contribution in [0.2, 0.25) is 0 Å². The first-order chi connectivity index (χ1) is 13.0. The molecule has 0 radical (unpaired) electrons. The van der Waals surface area contributed by atoms with Crippen LogP contribution in [0.3, 0.4) is 0 Å². The zero-order valence-corrected chi connectivity index (χ0v) is 15.1. The highest BCUT2D eigenvalue weighted by atomic mass is 16.4. The lowest BCUT2D eigenvalue weighted by Gasteiger charge is -2.27. The number of hydrogen-bond donors (Lipinski definition) is 2. The summed E-state index contributed by atoms with van der Waals surface area (Å²) in [6, 6.07) is 14.0. The van der Waals surface area contributed by atoms with Gasteiger partial charge in [-0.1, -0.05) is 43.3 Å². The molecule has 27 heavy (non-hydrogen) atoms. The van der Waals surface area contributed by atoms with Crippen LogP contribution >= 0.6 is 0 Å². The summed E-state index contributed by atoms with van der Waals surface area (Å²) in [5.74, 6) is -1.72. The maximum absolute atomic E-state index is 12.9. The Bertz CT molecular complexity index is 1110. The number of carboxylic acids is 1. The highest BCUT2D eigenvalue weighted by molar-refractivity contribution is 5.91. The first-order valence-electron chi connectivity index (χ1n) is 9.17. The molecule has 1 aromatic heterocycles. The van der Waals surface area contributed by atoms with Crippen molar-refractivity contribution in [3.63, 3.8) is 0 Å². The first-order valence-corrected chi connectivity index (χ1v) is 9.17. The van der Waals surface area contributed by atoms with E-state index < -0.39 is 17.1 Å². The largest absolute Gasteiger partial charge is 0.506 e. The fraction of sp³-hybridized carbons (Fsp3) is 0.273. The molecule has 0 amide bonds. The maximum Gasteiger partial charge on any atom is 0.345 e. The molecule has 0 saturated heterocycles. The molecule has 3 aromatic rings. The molecule has 5 heteroatoms. The highest BCUT2D eigenvalue weighted by Crippen LogP contribution is 2.38. The molecule has 1 aliphatic carbocycles. The number of carbonyl (C=O) groups is 1. The van der Waals surface area contributed by atoms with Crippen LogP contribution in [0.1, 0.15) is 52.9 Å². The SMILES string of the molecule is CC1CCCc2c1c(O)c(C(=O)O)c(=O)n2Cc1ccc2ccccc2c1. The Morgan fingerprint density at radius 3 is 2.67 bits per heavy atom. The highest BCUT2D eigenvalue weighted by Gasteiger charge is 2.30. The van der Waals surface area contributed by atoms with E-state index in [2.05, 4.69) is 0 Å². The first kappa shape index (κ1) is 17.3. The Morgan fingerprint density at radius 2 is 1.93 bits per heavy atom. The molecule has 138 valence electrons. The van der Waals surface area contributed by atoms with Gasteiger partial charge in [0.1, 0.15) is 5.75 Å². The van der Waals surface area contributed by atoms with E-state index in [1.165, 1.54) is 4.57 Å². The summed E-state index contributed by atoms with van der Waals surface area (Å²) in [7, 11) is 0. The molecule has 0 saturated carbocycles. The zero-order valence-electron chi connectivity index (χ0n) is 15.1. The molecule has 0 spiro atoms. The average molecular weight is 363 g/mol. The Kier molecular flexibility index (Phi) is 4.22. The number of aromatic hydroxyl groups is 1. The average Bonchev–Trinajstić information content (AvgIpc) is 2.64. The topological polar surface area (TPSA) is 79.5 Å². The molecule has 4 rings (SSSR count). The van der Waals surface area contributed by atoms with Crippen LogP contribution in [0, 0.1) is 0 Å². The van der Waals surface area contributed by atoms with Crippen molar-refractivity contribution in [2.24, 2.45) is 0 Å². The zero-order chi connectivity index (χ0) is 19.1. The smallest absolute Gasteiger partial charge is 0.345 e. The van der Waals surface area contributed by atoms with Gasteiger partial charge >= 0.3 is 5.97 Å². The van der Waals surface area contributed by atoms with Crippen molar-refractivity contribution in [2.45, 2.75) is 38.6 Å². The summed E-state index contributed by atoms with van der Waals surface area (Å²) in [6.45, 7) is 2.26. The summed E-state index contributed by atoms with van der Waals surface area (Å²) in [4.78, 5) is 24.5. The van der Waals surface area contributed by atoms with E-state index in [1.54, 1.807) is 0 Å². The third-order valence-corrected chi connectivity index (χ3v) is 5.50. The lowest BCUT2D eigenvalue weighted by Crippen LogP contribution is -2.32. The minimum Gasteiger partial charge on any atom is -0.506 e. The molecule has 0 bridgehead atoms. The van der Waals surface area contributed by atoms with Gasteiger partial charge in [0.05, 0.1) is 6.54 Å². The normalized spacial score (nSPS) is 16.3. The molecular formula is C22H21NO4. The second kappa shape index (κ2) is 6.58. The van der Waals surface area contributed by atoms with Crippen molar-refractivity contribution in [3.8, 4) is 5.75 Å². The summed E-state index contributed by atoms with van der Waals surface area (Å²) in [5.41, 5.74) is 1.14. The Labute approximate surface area is 156 Å². The number of aromatic nitrogens is 1. The van der Waals surface area contributed by atoms with Crippen LogP contribution in [0.4, 0.5) is 0 Å². The van der Waals surface area contributed by atoms with Crippen LogP contribution in [-0.4, -0.2) is 20.7 Å². The lowest BCUT2D eigenvalue weighted by atomic mass is 9.85. The van der Waals surface area contributed by atoms with E-state index in [0.29, 0.717) is 18.5 Å². The van der Waals surface area contributed by atoms with Gasteiger partial charge in [0.2, 0.25) is 0 Å². The van der Waals surface area contributed by atoms with E-state index in [-0.39, 0.29) is 11.7 Å². The van der Waals surface area contributed by atoms with Crippen molar-refractivity contribution < 1.29 is 15.0 Å². The van der Waals surface area contributed by atoms with Crippen LogP contribution < -0.4 is 5.56 Å². The number of carboxylic acid groups (broad SMARTS) is 1. The number of nitrogens with zero attached hydrogens (tertiary/aromatic N) is 1. The van der Waals surface area contributed by atoms with Crippen LogP contribution in [0.5, 0.6) is 5.75 Å². The molecule has 1 heterocycles. The summed E-state index contributed by atoms with van der Waals surface area (Å²) in [6.07, 6.45) is 2.45. The van der Waals surface area contributed by atoms with Crippen molar-refractivity contribution >= 4 is 16.7 Å². The van der Waals surface area contributed by atoms with Crippen LogP contribution in [0.25, 0.3) is 10.8 Å². The molecule has 5 nitrogen and oxygen atoms in total. The third kappa shape index (κ3) is 2.89. The number of rotatable bonds is 3. The van der Waals surface area contributed by atoms with Gasteiger partial charge in [0, 0.05) is 11.3 Å². The van der Waals surface area contributed by atoms with Gasteiger partial charge in [-0.3, -0.25) is 4.79 Å². The van der Waals surface area contributed by atoms with Crippen molar-refractivity contribution in [2.75, 3.05) is 0 Å². The van der Waals surface area contributed by atoms with Crippen molar-refractivity contribution in [1.82, 2.24) is 4.57 Å². The van der Waals surface area contributed by atoms with Gasteiger partial charge in [-0.25, -0.2) is 4.79 Å². The summed E-state index contributed by atoms with van der Waals surface area (Å²) >= 11 is 0. The standard InChI is InChI=1S/C22H21NO4/c1-13-5-4-8-17-18(13)20(24)19(22(26)27)21(25)23(17)12-14-9-10-15-6-2-3-7-16(15)11-14/h2-3,6-7,9-11,13,24H,4-5,8,12H2,1H3,(H,26,27). The minimum absolute atomic E-state index is 0.0234. The number of pyridine rings is 1. The number of hydrogen-bond acceptors (Lipinski definition) is 3. The molecule has 0 aliphatic heterocycles. The summed E-state index contributed by atoms with van der Waals surface area (Å²) < 4.78 is 1.54. The van der Waals surface area contributed by atoms with Crippen LogP contribution in [-0.2, 0) is 13.0 Å². The van der Waals surface area contributed by atoms with Gasteiger partial charge in [-0.2, -0.15) is 0 Å². The van der Waals surface area contributed by atoms with Gasteiger partial charge in [0.25, 0.3) is 5.56 Å². The van der Waals surface area contributed by atoms with E-state index in [0.717, 1.165) is 34.9 Å². The van der Waals surface area contributed by atoms with Crippen molar-refractivity contribution in [1.29, 1.82) is 0 Å². The molecule has 1 aliphatic rings. The predicted molar refractivity (Wildman–Crippen MR) is 104 cm³/mol. The number of aromatic carboxylic acids is 1. The number of benzene rings is 2. The van der Waals surface area contributed by atoms with E-state index in [1.807, 2.05) is 49.4 Å². The molecular weight excluding hydrogens is 342 g/mol. The molecule has 2 aromatic carbocycles. The minimum atomic E-state index is -1.38. The van der Waals surface area contributed by atoms with Crippen molar-refractivity contribution in [3.05, 3.63) is 75.2 Å². The Morgan fingerprint density at radius 1 is 1.19 bits per heavy atom. The van der Waals surface area contributed by atoms with Gasteiger partial charge < -0.3 is 14.8 Å².